The van der Waals surface area contributed by atoms with Gasteiger partial charge in [-0.15, -0.1) is 11.3 Å². The molecule has 1 heterocycles. The summed E-state index contributed by atoms with van der Waals surface area (Å²) in [7, 11) is 1.88. The van der Waals surface area contributed by atoms with Crippen molar-refractivity contribution in [2.75, 3.05) is 13.7 Å². The fraction of sp³-hybridized carbons (Fsp3) is 0.824. The number of rotatable bonds is 4. The molecule has 1 aromatic heterocycles. The van der Waals surface area contributed by atoms with Crippen LogP contribution < -0.4 is 5.32 Å². The molecule has 0 radical (unpaired) electrons. The Kier molecular flexibility index (Phi) is 4.97. The zero-order chi connectivity index (χ0) is 14.7. The second-order valence-corrected chi connectivity index (χ2v) is 7.48. The fourth-order valence-electron chi connectivity index (χ4n) is 3.86. The zero-order valence-electron chi connectivity index (χ0n) is 13.4. The van der Waals surface area contributed by atoms with E-state index in [9.17, 15) is 0 Å². The van der Waals surface area contributed by atoms with E-state index >= 15 is 0 Å². The van der Waals surface area contributed by atoms with Crippen molar-refractivity contribution >= 4 is 11.3 Å². The third-order valence-corrected chi connectivity index (χ3v) is 6.49. The highest BCUT2D eigenvalue weighted by Crippen LogP contribution is 2.44. The largest absolute Gasteiger partial charge is 0.371 e. The molecular formula is C17H28N2OS. The van der Waals surface area contributed by atoms with Crippen molar-refractivity contribution in [3.05, 3.63) is 15.6 Å². The minimum Gasteiger partial charge on any atom is -0.371 e. The van der Waals surface area contributed by atoms with Crippen LogP contribution in [0.4, 0.5) is 0 Å². The monoisotopic (exact) mass is 308 g/mol. The highest BCUT2D eigenvalue weighted by atomic mass is 32.1. The highest BCUT2D eigenvalue weighted by Gasteiger charge is 2.38. The van der Waals surface area contributed by atoms with Gasteiger partial charge in [0.05, 0.1) is 5.69 Å². The van der Waals surface area contributed by atoms with Gasteiger partial charge in [0.1, 0.15) is 10.6 Å². The Labute approximate surface area is 132 Å². The van der Waals surface area contributed by atoms with E-state index in [2.05, 4.69) is 12.2 Å². The SMILES string of the molecule is CCNC1CCCc2nc(C3(OC)CCCCCC3)sc21. The number of aromatic nitrogens is 1. The summed E-state index contributed by atoms with van der Waals surface area (Å²) in [5.41, 5.74) is 1.24. The predicted molar refractivity (Wildman–Crippen MR) is 87.9 cm³/mol. The van der Waals surface area contributed by atoms with Crippen molar-refractivity contribution < 1.29 is 4.74 Å². The normalized spacial score (nSPS) is 25.3. The number of hydrogen-bond acceptors (Lipinski definition) is 4. The lowest BCUT2D eigenvalue weighted by molar-refractivity contribution is -0.0280. The smallest absolute Gasteiger partial charge is 0.125 e. The molecule has 0 saturated heterocycles. The van der Waals surface area contributed by atoms with Gasteiger partial charge in [-0.3, -0.25) is 0 Å². The third kappa shape index (κ3) is 3.03. The van der Waals surface area contributed by atoms with Gasteiger partial charge in [0.2, 0.25) is 0 Å². The molecule has 0 aromatic carbocycles. The first-order valence-electron chi connectivity index (χ1n) is 8.57. The van der Waals surface area contributed by atoms with Gasteiger partial charge < -0.3 is 10.1 Å². The summed E-state index contributed by atoms with van der Waals surface area (Å²) < 4.78 is 6.05. The summed E-state index contributed by atoms with van der Waals surface area (Å²) in [5, 5.41) is 4.88. The van der Waals surface area contributed by atoms with Crippen molar-refractivity contribution in [3.63, 3.8) is 0 Å². The maximum atomic E-state index is 6.05. The summed E-state index contributed by atoms with van der Waals surface area (Å²) in [5.74, 6) is 0. The predicted octanol–water partition coefficient (Wildman–Crippen LogP) is 4.33. The Morgan fingerprint density at radius 2 is 2.00 bits per heavy atom. The lowest BCUT2D eigenvalue weighted by Gasteiger charge is -2.29. The summed E-state index contributed by atoms with van der Waals surface area (Å²) >= 11 is 1.92. The summed E-state index contributed by atoms with van der Waals surface area (Å²) in [6, 6.07) is 0.518. The number of ether oxygens (including phenoxy) is 1. The van der Waals surface area contributed by atoms with Crippen LogP contribution in [0.15, 0.2) is 0 Å². The first-order chi connectivity index (χ1) is 10.3. The Balaban J connectivity index is 1.91. The van der Waals surface area contributed by atoms with Gasteiger partial charge in [-0.25, -0.2) is 4.98 Å². The van der Waals surface area contributed by atoms with Crippen LogP contribution in [-0.2, 0) is 16.8 Å². The molecule has 21 heavy (non-hydrogen) atoms. The maximum absolute atomic E-state index is 6.05. The van der Waals surface area contributed by atoms with Crippen LogP contribution in [0.2, 0.25) is 0 Å². The van der Waals surface area contributed by atoms with E-state index < -0.39 is 0 Å². The number of methoxy groups -OCH3 is 1. The van der Waals surface area contributed by atoms with Crippen molar-refractivity contribution in [2.45, 2.75) is 76.4 Å². The van der Waals surface area contributed by atoms with Crippen LogP contribution >= 0.6 is 11.3 Å². The molecule has 3 rings (SSSR count). The molecular weight excluding hydrogens is 280 g/mol. The molecule has 1 N–H and O–H groups in total. The number of hydrogen-bond donors (Lipinski definition) is 1. The molecule has 1 unspecified atom stereocenters. The Bertz CT molecular complexity index is 463. The maximum Gasteiger partial charge on any atom is 0.125 e. The van der Waals surface area contributed by atoms with Crippen molar-refractivity contribution in [1.29, 1.82) is 0 Å². The Morgan fingerprint density at radius 3 is 2.67 bits per heavy atom. The van der Waals surface area contributed by atoms with E-state index in [1.165, 1.54) is 54.1 Å². The number of aryl methyl sites for hydroxylation is 1. The number of thiazole rings is 1. The minimum atomic E-state index is -0.102. The number of nitrogens with zero attached hydrogens (tertiary/aromatic N) is 1. The highest BCUT2D eigenvalue weighted by molar-refractivity contribution is 7.12. The van der Waals surface area contributed by atoms with Gasteiger partial charge >= 0.3 is 0 Å². The summed E-state index contributed by atoms with van der Waals surface area (Å²) in [6.07, 6.45) is 11.2. The van der Waals surface area contributed by atoms with E-state index in [-0.39, 0.29) is 5.60 Å². The van der Waals surface area contributed by atoms with Crippen LogP contribution in [-0.4, -0.2) is 18.6 Å². The van der Waals surface area contributed by atoms with Crippen LogP contribution in [0.25, 0.3) is 0 Å². The number of fused-ring (bicyclic) bond motifs is 1. The van der Waals surface area contributed by atoms with Gasteiger partial charge in [0, 0.05) is 18.0 Å². The molecule has 0 amide bonds. The first-order valence-corrected chi connectivity index (χ1v) is 9.39. The molecule has 0 bridgehead atoms. The molecule has 4 heteroatoms. The quantitative estimate of drug-likeness (QED) is 0.841. The van der Waals surface area contributed by atoms with Crippen LogP contribution in [0.1, 0.15) is 79.9 Å². The lowest BCUT2D eigenvalue weighted by atomic mass is 9.94. The average Bonchev–Trinajstić information content (AvgIpc) is 2.80. The molecule has 1 saturated carbocycles. The first kappa shape index (κ1) is 15.4. The molecule has 2 aliphatic carbocycles. The summed E-state index contributed by atoms with van der Waals surface area (Å²) in [6.45, 7) is 3.23. The second-order valence-electron chi connectivity index (χ2n) is 6.45. The average molecular weight is 308 g/mol. The van der Waals surface area contributed by atoms with Gasteiger partial charge in [-0.05, 0) is 38.6 Å². The molecule has 0 aliphatic heterocycles. The van der Waals surface area contributed by atoms with Gasteiger partial charge in [-0.2, -0.15) is 0 Å². The molecule has 0 spiro atoms. The van der Waals surface area contributed by atoms with E-state index in [0.29, 0.717) is 6.04 Å². The van der Waals surface area contributed by atoms with Gasteiger partial charge in [0.25, 0.3) is 0 Å². The molecule has 118 valence electrons. The van der Waals surface area contributed by atoms with Gasteiger partial charge in [0.15, 0.2) is 0 Å². The fourth-order valence-corrected chi connectivity index (χ4v) is 5.31. The molecule has 1 fully saturated rings. The van der Waals surface area contributed by atoms with E-state index in [0.717, 1.165) is 25.8 Å². The summed E-state index contributed by atoms with van der Waals surface area (Å²) in [4.78, 5) is 6.53. The van der Waals surface area contributed by atoms with Gasteiger partial charge in [-0.1, -0.05) is 32.6 Å². The zero-order valence-corrected chi connectivity index (χ0v) is 14.2. The molecule has 1 atom stereocenters. The van der Waals surface area contributed by atoms with Crippen molar-refractivity contribution in [1.82, 2.24) is 10.3 Å². The molecule has 1 aromatic rings. The minimum absolute atomic E-state index is 0.102. The Morgan fingerprint density at radius 1 is 1.24 bits per heavy atom. The van der Waals surface area contributed by atoms with Crippen molar-refractivity contribution in [3.8, 4) is 0 Å². The molecule has 3 nitrogen and oxygen atoms in total. The van der Waals surface area contributed by atoms with E-state index in [4.69, 9.17) is 9.72 Å². The van der Waals surface area contributed by atoms with Crippen LogP contribution in [0.3, 0.4) is 0 Å². The Hall–Kier alpha value is -0.450. The number of nitrogens with one attached hydrogen (secondary N) is 1. The van der Waals surface area contributed by atoms with E-state index in [1.54, 1.807) is 0 Å². The molecule has 2 aliphatic rings. The second kappa shape index (κ2) is 6.76. The van der Waals surface area contributed by atoms with Crippen molar-refractivity contribution in [2.24, 2.45) is 0 Å². The lowest BCUT2D eigenvalue weighted by Crippen LogP contribution is -2.27. The van der Waals surface area contributed by atoms with Crippen LogP contribution in [0.5, 0.6) is 0 Å². The van der Waals surface area contributed by atoms with E-state index in [1.807, 2.05) is 18.4 Å². The topological polar surface area (TPSA) is 34.2 Å². The van der Waals surface area contributed by atoms with Crippen LogP contribution in [0, 0.1) is 0 Å². The third-order valence-electron chi connectivity index (χ3n) is 5.09. The standard InChI is InChI=1S/C17H28N2OS/c1-3-18-13-9-8-10-14-15(13)21-16(19-14)17(20-2)11-6-4-5-7-12-17/h13,18H,3-12H2,1-2H3.